The van der Waals surface area contributed by atoms with Crippen LogP contribution in [0, 0.1) is 0 Å². The van der Waals surface area contributed by atoms with Crippen molar-refractivity contribution in [2.45, 2.75) is 39.3 Å². The fraction of sp³-hybridized carbons (Fsp3) is 0.429. The highest BCUT2D eigenvalue weighted by Crippen LogP contribution is 2.26. The molecule has 0 unspecified atom stereocenters. The molecule has 0 aromatic carbocycles. The largest absolute Gasteiger partial charge is 0.330 e. The lowest BCUT2D eigenvalue weighted by molar-refractivity contribution is 0.541. The van der Waals surface area contributed by atoms with Crippen molar-refractivity contribution < 1.29 is 0 Å². The van der Waals surface area contributed by atoms with Crippen LogP contribution < -0.4 is 4.90 Å². The smallest absolute Gasteiger partial charge is 0.226 e. The number of nitrogens with zero attached hydrogens (tertiary/aromatic N) is 5. The number of aromatic nitrogens is 4. The van der Waals surface area contributed by atoms with Gasteiger partial charge in [-0.3, -0.25) is 0 Å². The summed E-state index contributed by atoms with van der Waals surface area (Å²) in [6, 6.07) is 0. The summed E-state index contributed by atoms with van der Waals surface area (Å²) in [5.41, 5.74) is 2.15. The lowest BCUT2D eigenvalue weighted by Gasteiger charge is -2.16. The standard InChI is InChI=1S/C14H16ClN5/c1-14(2,3)12-16-4-9-7-20(8-11(9)19-12)13-17-5-10(15)6-18-13/h4-6H,7-8H2,1-3H3. The Morgan fingerprint density at radius 1 is 1.05 bits per heavy atom. The van der Waals surface area contributed by atoms with Crippen LogP contribution in [0.4, 0.5) is 5.95 Å². The van der Waals surface area contributed by atoms with Gasteiger partial charge < -0.3 is 4.90 Å². The third-order valence-corrected chi connectivity index (χ3v) is 3.41. The third-order valence-electron chi connectivity index (χ3n) is 3.22. The highest BCUT2D eigenvalue weighted by atomic mass is 35.5. The molecule has 104 valence electrons. The lowest BCUT2D eigenvalue weighted by atomic mass is 9.95. The van der Waals surface area contributed by atoms with Gasteiger partial charge in [0.15, 0.2) is 0 Å². The molecule has 0 bridgehead atoms. The predicted octanol–water partition coefficient (Wildman–Crippen LogP) is 2.74. The van der Waals surface area contributed by atoms with Gasteiger partial charge in [-0.2, -0.15) is 0 Å². The predicted molar refractivity (Wildman–Crippen MR) is 77.7 cm³/mol. The van der Waals surface area contributed by atoms with Gasteiger partial charge in [-0.05, 0) is 0 Å². The molecule has 0 amide bonds. The minimum atomic E-state index is -0.0424. The average molecular weight is 290 g/mol. The molecule has 2 aromatic heterocycles. The number of halogens is 1. The molecule has 0 fully saturated rings. The number of rotatable bonds is 1. The van der Waals surface area contributed by atoms with Gasteiger partial charge in [-0.15, -0.1) is 0 Å². The van der Waals surface area contributed by atoms with Gasteiger partial charge in [0.05, 0.1) is 29.7 Å². The van der Waals surface area contributed by atoms with Gasteiger partial charge in [0.25, 0.3) is 0 Å². The zero-order valence-corrected chi connectivity index (χ0v) is 12.5. The van der Waals surface area contributed by atoms with Crippen LogP contribution in [0.1, 0.15) is 37.9 Å². The van der Waals surface area contributed by atoms with Crippen LogP contribution in [0.2, 0.25) is 5.02 Å². The number of fused-ring (bicyclic) bond motifs is 1. The zero-order valence-electron chi connectivity index (χ0n) is 11.8. The molecule has 0 radical (unpaired) electrons. The van der Waals surface area contributed by atoms with Crippen LogP contribution in [0.15, 0.2) is 18.6 Å². The van der Waals surface area contributed by atoms with E-state index in [1.54, 1.807) is 12.4 Å². The van der Waals surface area contributed by atoms with E-state index in [1.165, 1.54) is 0 Å². The highest BCUT2D eigenvalue weighted by Gasteiger charge is 2.26. The normalized spacial score (nSPS) is 14.5. The van der Waals surface area contributed by atoms with E-state index in [4.69, 9.17) is 11.6 Å². The quantitative estimate of drug-likeness (QED) is 0.808. The summed E-state index contributed by atoms with van der Waals surface area (Å²) in [5, 5.41) is 0.542. The maximum Gasteiger partial charge on any atom is 0.226 e. The summed E-state index contributed by atoms with van der Waals surface area (Å²) in [5.74, 6) is 1.54. The fourth-order valence-corrected chi connectivity index (χ4v) is 2.22. The Kier molecular flexibility index (Phi) is 3.09. The van der Waals surface area contributed by atoms with Crippen LogP contribution in [-0.2, 0) is 18.5 Å². The Bertz CT molecular complexity index is 633. The second-order valence-corrected chi connectivity index (χ2v) is 6.41. The first kappa shape index (κ1) is 13.2. The van der Waals surface area contributed by atoms with E-state index in [0.717, 1.165) is 23.6 Å². The molecular weight excluding hydrogens is 274 g/mol. The molecule has 1 aliphatic rings. The minimum Gasteiger partial charge on any atom is -0.330 e. The molecule has 0 saturated heterocycles. The van der Waals surface area contributed by atoms with Crippen molar-refractivity contribution in [3.8, 4) is 0 Å². The summed E-state index contributed by atoms with van der Waals surface area (Å²) < 4.78 is 0. The summed E-state index contributed by atoms with van der Waals surface area (Å²) in [6.45, 7) is 7.79. The molecule has 20 heavy (non-hydrogen) atoms. The molecule has 0 saturated carbocycles. The van der Waals surface area contributed by atoms with Crippen molar-refractivity contribution >= 4 is 17.5 Å². The highest BCUT2D eigenvalue weighted by molar-refractivity contribution is 6.30. The van der Waals surface area contributed by atoms with Gasteiger partial charge in [0, 0.05) is 23.7 Å². The van der Waals surface area contributed by atoms with E-state index >= 15 is 0 Å². The van der Waals surface area contributed by atoms with Crippen molar-refractivity contribution in [3.63, 3.8) is 0 Å². The van der Waals surface area contributed by atoms with Crippen LogP contribution >= 0.6 is 11.6 Å². The molecule has 0 aliphatic carbocycles. The molecule has 2 aromatic rings. The van der Waals surface area contributed by atoms with E-state index in [1.807, 2.05) is 6.20 Å². The topological polar surface area (TPSA) is 54.8 Å². The van der Waals surface area contributed by atoms with Gasteiger partial charge in [-0.1, -0.05) is 32.4 Å². The molecular formula is C14H16ClN5. The lowest BCUT2D eigenvalue weighted by Crippen LogP contribution is -2.18. The molecule has 3 rings (SSSR count). The molecule has 0 atom stereocenters. The van der Waals surface area contributed by atoms with Gasteiger partial charge in [-0.25, -0.2) is 19.9 Å². The van der Waals surface area contributed by atoms with E-state index in [9.17, 15) is 0 Å². The number of hydrogen-bond acceptors (Lipinski definition) is 5. The summed E-state index contributed by atoms with van der Waals surface area (Å²) in [4.78, 5) is 19.7. The van der Waals surface area contributed by atoms with E-state index in [0.29, 0.717) is 17.5 Å². The second kappa shape index (κ2) is 4.66. The first-order valence-corrected chi connectivity index (χ1v) is 6.89. The molecule has 0 spiro atoms. The van der Waals surface area contributed by atoms with Crippen LogP contribution in [0.3, 0.4) is 0 Å². The summed E-state index contributed by atoms with van der Waals surface area (Å²) in [7, 11) is 0. The van der Waals surface area contributed by atoms with E-state index in [-0.39, 0.29) is 5.41 Å². The Balaban J connectivity index is 1.87. The summed E-state index contributed by atoms with van der Waals surface area (Å²) in [6.07, 6.45) is 5.14. The maximum atomic E-state index is 5.81. The van der Waals surface area contributed by atoms with Crippen molar-refractivity contribution in [1.29, 1.82) is 0 Å². The van der Waals surface area contributed by atoms with Gasteiger partial charge in [0.1, 0.15) is 5.82 Å². The number of anilines is 1. The SMILES string of the molecule is CC(C)(C)c1ncc2c(n1)CN(c1ncc(Cl)cn1)C2. The molecule has 5 nitrogen and oxygen atoms in total. The van der Waals surface area contributed by atoms with Crippen LogP contribution in [-0.4, -0.2) is 19.9 Å². The minimum absolute atomic E-state index is 0.0424. The monoisotopic (exact) mass is 289 g/mol. The molecule has 3 heterocycles. The average Bonchev–Trinajstić information content (AvgIpc) is 2.81. The Morgan fingerprint density at radius 2 is 1.75 bits per heavy atom. The molecule has 0 N–H and O–H groups in total. The van der Waals surface area contributed by atoms with Crippen molar-refractivity contribution in [1.82, 2.24) is 19.9 Å². The van der Waals surface area contributed by atoms with Crippen molar-refractivity contribution in [2.75, 3.05) is 4.90 Å². The van der Waals surface area contributed by atoms with Crippen molar-refractivity contribution in [2.24, 2.45) is 0 Å². The third kappa shape index (κ3) is 2.45. The Labute approximate surface area is 123 Å². The fourth-order valence-electron chi connectivity index (χ4n) is 2.12. The maximum absolute atomic E-state index is 5.81. The van der Waals surface area contributed by atoms with Gasteiger partial charge >= 0.3 is 0 Å². The van der Waals surface area contributed by atoms with Crippen LogP contribution in [0.25, 0.3) is 0 Å². The first-order chi connectivity index (χ1) is 9.43. The van der Waals surface area contributed by atoms with E-state index < -0.39 is 0 Å². The molecule has 1 aliphatic heterocycles. The zero-order chi connectivity index (χ0) is 14.3. The Morgan fingerprint density at radius 3 is 2.40 bits per heavy atom. The van der Waals surface area contributed by atoms with Crippen molar-refractivity contribution in [3.05, 3.63) is 40.7 Å². The Hall–Kier alpha value is -1.75. The van der Waals surface area contributed by atoms with Crippen LogP contribution in [0.5, 0.6) is 0 Å². The second-order valence-electron chi connectivity index (χ2n) is 5.97. The number of hydrogen-bond donors (Lipinski definition) is 0. The van der Waals surface area contributed by atoms with Gasteiger partial charge in [0.2, 0.25) is 5.95 Å². The first-order valence-electron chi connectivity index (χ1n) is 6.51. The summed E-state index contributed by atoms with van der Waals surface area (Å²) >= 11 is 5.81. The molecule has 6 heteroatoms. The van der Waals surface area contributed by atoms with E-state index in [2.05, 4.69) is 45.6 Å².